The maximum atomic E-state index is 14.2. The molecule has 0 saturated heterocycles. The summed E-state index contributed by atoms with van der Waals surface area (Å²) in [6.45, 7) is 6.33. The summed E-state index contributed by atoms with van der Waals surface area (Å²) in [6, 6.07) is 8.70. The predicted molar refractivity (Wildman–Crippen MR) is 245 cm³/mol. The topological polar surface area (TPSA) is 30.2 Å². The first-order valence-electron chi connectivity index (χ1n) is 22.7. The van der Waals surface area contributed by atoms with Gasteiger partial charge < -0.3 is 4.74 Å². The molecule has 0 radical (unpaired) electrons. The highest BCUT2D eigenvalue weighted by Crippen LogP contribution is 2.41. The van der Waals surface area contributed by atoms with Gasteiger partial charge in [0.2, 0.25) is 12.3 Å². The molecule has 434 valence electrons. The van der Waals surface area contributed by atoms with Crippen molar-refractivity contribution < 1.29 is 119 Å². The molecule has 28 heteroatoms. The molecule has 1 heterocycles. The Morgan fingerprint density at radius 3 is 0.914 bits per heavy atom. The first-order chi connectivity index (χ1) is 36.7. The number of hydrogen-bond acceptors (Lipinski definition) is 2. The molecule has 0 fully saturated rings. The van der Waals surface area contributed by atoms with Crippen LogP contribution in [0.2, 0.25) is 0 Å². The lowest BCUT2D eigenvalue weighted by molar-refractivity contribution is -0.681. The van der Waals surface area contributed by atoms with Crippen LogP contribution in [-0.4, -0.2) is 17.5 Å². The molecule has 81 heavy (non-hydrogen) atoms. The Bertz CT molecular complexity index is 2990. The van der Waals surface area contributed by atoms with E-state index < -0.39 is 195 Å². The zero-order chi connectivity index (χ0) is 61.1. The highest BCUT2D eigenvalue weighted by Gasteiger charge is 2.47. The van der Waals surface area contributed by atoms with Gasteiger partial charge in [-0.15, -0.1) is 0 Å². The third kappa shape index (κ3) is 14.9. The molecule has 0 unspecified atom stereocenters. The zero-order valence-corrected chi connectivity index (χ0v) is 40.9. The zero-order valence-electron chi connectivity index (χ0n) is 40.9. The first-order valence-corrected chi connectivity index (χ1v) is 22.7. The van der Waals surface area contributed by atoms with Crippen molar-refractivity contribution in [1.82, 2.24) is 0 Å². The van der Waals surface area contributed by atoms with Gasteiger partial charge in [-0.3, -0.25) is 4.79 Å². The predicted octanol–water partition coefficient (Wildman–Crippen LogP) is 15.4. The molecule has 7 aromatic rings. The fourth-order valence-electron chi connectivity index (χ4n) is 8.67. The Hall–Kier alpha value is -7.42. The van der Waals surface area contributed by atoms with Gasteiger partial charge in [-0.25, -0.2) is 0 Å². The summed E-state index contributed by atoms with van der Waals surface area (Å²) in [7, 11) is 0. The summed E-state index contributed by atoms with van der Waals surface area (Å²) in [6.07, 6.45) is -50.9. The molecule has 0 N–H and O–H groups in total. The smallest absolute Gasteiger partial charge is 0.416 e. The Balaban J connectivity index is 0.000000363. The summed E-state index contributed by atoms with van der Waals surface area (Å²) in [5.41, 5.74) is -29.8. The van der Waals surface area contributed by atoms with E-state index in [0.717, 1.165) is 11.1 Å². The lowest BCUT2D eigenvalue weighted by Gasteiger charge is -2.46. The highest BCUT2D eigenvalue weighted by molar-refractivity contribution is 7.20. The van der Waals surface area contributed by atoms with Gasteiger partial charge in [-0.1, -0.05) is 66.7 Å². The molecule has 0 aliphatic carbocycles. The minimum atomic E-state index is -6.13. The van der Waals surface area contributed by atoms with E-state index in [4.69, 9.17) is 4.74 Å². The number of halogens is 24. The van der Waals surface area contributed by atoms with Crippen LogP contribution in [0.4, 0.5) is 105 Å². The molecule has 0 saturated carbocycles. The van der Waals surface area contributed by atoms with E-state index in [1.165, 1.54) is 5.39 Å². The number of fused-ring (bicyclic) bond motifs is 1. The second kappa shape index (κ2) is 21.5. The molecular formula is C53H34BF24NO2. The number of ether oxygens (including phenoxy) is 1. The normalized spacial score (nSPS) is 13.5. The van der Waals surface area contributed by atoms with Crippen LogP contribution in [0, 0.1) is 0 Å². The Labute approximate surface area is 441 Å². The number of rotatable bonds is 8. The van der Waals surface area contributed by atoms with Crippen LogP contribution in [0.15, 0.2) is 140 Å². The van der Waals surface area contributed by atoms with Crippen molar-refractivity contribution >= 4 is 44.6 Å². The number of alkyl halides is 24. The van der Waals surface area contributed by atoms with Crippen molar-refractivity contribution in [3.63, 3.8) is 0 Å². The largest absolute Gasteiger partial charge is 0.488 e. The van der Waals surface area contributed by atoms with Gasteiger partial charge in [0, 0.05) is 17.0 Å². The molecule has 0 amide bonds. The maximum absolute atomic E-state index is 14.2. The lowest BCUT2D eigenvalue weighted by Crippen LogP contribution is -2.75. The summed E-state index contributed by atoms with van der Waals surface area (Å²) in [5, 5.41) is 2.30. The van der Waals surface area contributed by atoms with Gasteiger partial charge in [0.1, 0.15) is 17.5 Å². The third-order valence-corrected chi connectivity index (χ3v) is 12.1. The SMILES string of the molecule is CC(C)(C)Oc1ccc(C(=O)C[n+]2ccc3ccccc3c2)cc1.FC(F)(F)c1cc([B-](c2cc(C(F)(F)F)cc(C(F)(F)F)c2)(c2cc(C(F)(F)F)cc(C(F)(F)F)c2)c2cc(C(F)(F)F)cc(C(F)(F)F)c2)cc(C(F)(F)F)c1. The summed E-state index contributed by atoms with van der Waals surface area (Å²) >= 11 is 0. The molecule has 0 atom stereocenters. The number of benzene rings is 6. The van der Waals surface area contributed by atoms with E-state index in [0.29, 0.717) is 12.1 Å². The fraction of sp³-hybridized carbons (Fsp3) is 0.245. The molecular weight excluding hydrogens is 1150 g/mol. The van der Waals surface area contributed by atoms with Gasteiger partial charge in [0.15, 0.2) is 12.4 Å². The van der Waals surface area contributed by atoms with Crippen LogP contribution >= 0.6 is 0 Å². The quantitative estimate of drug-likeness (QED) is 0.0657. The third-order valence-electron chi connectivity index (χ3n) is 12.1. The van der Waals surface area contributed by atoms with Crippen LogP contribution in [-0.2, 0) is 56.0 Å². The molecule has 1 aromatic heterocycles. The van der Waals surface area contributed by atoms with Crippen LogP contribution in [0.25, 0.3) is 10.8 Å². The van der Waals surface area contributed by atoms with Gasteiger partial charge in [-0.05, 0) is 80.8 Å². The van der Waals surface area contributed by atoms with Crippen LogP contribution in [0.3, 0.4) is 0 Å². The standard InChI is InChI=1S/C32H12BF24.C21H22NO2/c34-25(35,36)13-1-14(26(37,38)39)6-21(5-13)33(22-7-15(27(40,41)42)2-16(8-22)28(43,44)45,23-9-17(29(46,47)48)3-18(10-23)30(49,50)51)24-11-19(31(52,53)54)4-20(12-24)32(55,56)57;1-21(2,3)24-19-10-8-17(9-11-19)20(23)15-22-13-12-16-6-4-5-7-18(16)14-22/h1-12H;4-14H,15H2,1-3H3/q-1;+1. The number of aromatic nitrogens is 1. The monoisotopic (exact) mass is 1180 g/mol. The van der Waals surface area contributed by atoms with Crippen LogP contribution in [0.5, 0.6) is 5.75 Å². The minimum absolute atomic E-state index is 0.0811. The summed E-state index contributed by atoms with van der Waals surface area (Å²) in [4.78, 5) is 12.5. The van der Waals surface area contributed by atoms with Crippen molar-refractivity contribution in [3.05, 3.63) is 190 Å². The average molecular weight is 1180 g/mol. The molecule has 7 rings (SSSR count). The highest BCUT2D eigenvalue weighted by atomic mass is 19.4. The number of carbonyl (C=O) groups excluding carboxylic acids is 1. The van der Waals surface area contributed by atoms with Crippen LogP contribution in [0.1, 0.15) is 75.6 Å². The number of ketones is 1. The second-order valence-electron chi connectivity index (χ2n) is 19.1. The van der Waals surface area contributed by atoms with Crippen molar-refractivity contribution in [1.29, 1.82) is 0 Å². The Kier molecular flexibility index (Phi) is 16.6. The minimum Gasteiger partial charge on any atom is -0.488 e. The average Bonchev–Trinajstić information content (AvgIpc) is 3.53. The molecule has 3 nitrogen and oxygen atoms in total. The fourth-order valence-corrected chi connectivity index (χ4v) is 8.67. The van der Waals surface area contributed by atoms with E-state index in [2.05, 4.69) is 12.1 Å². The van der Waals surface area contributed by atoms with Gasteiger partial charge >= 0.3 is 49.4 Å². The van der Waals surface area contributed by atoms with E-state index in [1.54, 1.807) is 0 Å². The summed E-state index contributed by atoms with van der Waals surface area (Å²) < 4.78 is 349. The van der Waals surface area contributed by atoms with Gasteiger partial charge in [0.25, 0.3) is 0 Å². The number of carbonyl (C=O) groups is 1. The van der Waals surface area contributed by atoms with Crippen LogP contribution < -0.4 is 31.2 Å². The van der Waals surface area contributed by atoms with Crippen molar-refractivity contribution in [2.24, 2.45) is 0 Å². The lowest BCUT2D eigenvalue weighted by atomic mass is 9.12. The first kappa shape index (κ1) is 62.8. The van der Waals surface area contributed by atoms with E-state index in [-0.39, 0.29) is 11.4 Å². The number of pyridine rings is 1. The van der Waals surface area contributed by atoms with E-state index in [1.807, 2.05) is 80.2 Å². The van der Waals surface area contributed by atoms with Crippen molar-refractivity contribution in [2.45, 2.75) is 82.3 Å². The number of hydrogen-bond donors (Lipinski definition) is 0. The van der Waals surface area contributed by atoms with Crippen molar-refractivity contribution in [3.8, 4) is 5.75 Å². The maximum Gasteiger partial charge on any atom is 0.416 e. The van der Waals surface area contributed by atoms with Crippen molar-refractivity contribution in [2.75, 3.05) is 0 Å². The molecule has 0 aliphatic heterocycles. The van der Waals surface area contributed by atoms with Gasteiger partial charge in [-0.2, -0.15) is 132 Å². The number of nitrogens with zero attached hydrogens (tertiary/aromatic N) is 1. The van der Waals surface area contributed by atoms with Gasteiger partial charge in [0.05, 0.1) is 44.5 Å². The summed E-state index contributed by atoms with van der Waals surface area (Å²) in [5.74, 6) is 0.856. The molecule has 0 bridgehead atoms. The molecule has 6 aromatic carbocycles. The molecule has 0 spiro atoms. The molecule has 0 aliphatic rings. The Morgan fingerprint density at radius 2 is 0.654 bits per heavy atom. The Morgan fingerprint density at radius 1 is 0.383 bits per heavy atom. The second-order valence-corrected chi connectivity index (χ2v) is 19.1. The van der Waals surface area contributed by atoms with E-state index in [9.17, 15) is 110 Å². The van der Waals surface area contributed by atoms with E-state index >= 15 is 0 Å². The number of Topliss-reactive ketones (excluding diaryl/α,β-unsaturated/α-hetero) is 1.